The zero-order chi connectivity index (χ0) is 14.9. The Balaban J connectivity index is 1.75. The van der Waals surface area contributed by atoms with Gasteiger partial charge in [0.2, 0.25) is 0 Å². The Morgan fingerprint density at radius 1 is 1.14 bits per heavy atom. The van der Waals surface area contributed by atoms with Crippen LogP contribution in [-0.4, -0.2) is 30.6 Å². The van der Waals surface area contributed by atoms with Gasteiger partial charge in [0.25, 0.3) is 0 Å². The number of hydrogen-bond acceptors (Lipinski definition) is 2. The normalized spacial score (nSPS) is 33.2. The van der Waals surface area contributed by atoms with Gasteiger partial charge in [-0.15, -0.1) is 0 Å². The molecule has 1 saturated heterocycles. The number of nitrogens with zero attached hydrogens (tertiary/aromatic N) is 1. The van der Waals surface area contributed by atoms with E-state index in [1.54, 1.807) is 0 Å². The van der Waals surface area contributed by atoms with Crippen LogP contribution >= 0.6 is 0 Å². The molecular weight excluding hydrogens is 256 g/mol. The standard InChI is InChI=1S/C19H30N2/c1-16-13-20-19(3,17-9-5-4-6-10-17)15-21(16)14-18(2)11-7-8-12-18/h4-6,9-10,16,20H,7-8,11-15H2,1-3H3. The fourth-order valence-corrected chi connectivity index (χ4v) is 4.21. The molecule has 1 saturated carbocycles. The van der Waals surface area contributed by atoms with Gasteiger partial charge in [0, 0.05) is 25.7 Å². The van der Waals surface area contributed by atoms with E-state index in [0.717, 1.165) is 13.1 Å². The summed E-state index contributed by atoms with van der Waals surface area (Å²) in [5, 5.41) is 3.79. The smallest absolute Gasteiger partial charge is 0.0535 e. The van der Waals surface area contributed by atoms with Gasteiger partial charge in [0.1, 0.15) is 0 Å². The van der Waals surface area contributed by atoms with E-state index in [2.05, 4.69) is 61.3 Å². The Morgan fingerprint density at radius 2 is 1.81 bits per heavy atom. The monoisotopic (exact) mass is 286 g/mol. The Labute approximate surface area is 129 Å². The maximum absolute atomic E-state index is 3.79. The van der Waals surface area contributed by atoms with Gasteiger partial charge in [0.05, 0.1) is 5.54 Å². The van der Waals surface area contributed by atoms with Gasteiger partial charge in [-0.05, 0) is 37.7 Å². The van der Waals surface area contributed by atoms with E-state index >= 15 is 0 Å². The van der Waals surface area contributed by atoms with Gasteiger partial charge in [-0.2, -0.15) is 0 Å². The molecule has 3 rings (SSSR count). The lowest BCUT2D eigenvalue weighted by atomic mass is 9.84. The molecule has 1 aliphatic carbocycles. The van der Waals surface area contributed by atoms with E-state index < -0.39 is 0 Å². The highest BCUT2D eigenvalue weighted by Gasteiger charge is 2.39. The second-order valence-corrected chi connectivity index (χ2v) is 7.85. The molecule has 1 aromatic rings. The molecule has 2 nitrogen and oxygen atoms in total. The van der Waals surface area contributed by atoms with Crippen LogP contribution in [0.3, 0.4) is 0 Å². The third-order valence-corrected chi connectivity index (χ3v) is 5.74. The van der Waals surface area contributed by atoms with E-state index in [1.165, 1.54) is 37.8 Å². The first-order chi connectivity index (χ1) is 10.0. The van der Waals surface area contributed by atoms with Crippen molar-refractivity contribution in [3.8, 4) is 0 Å². The van der Waals surface area contributed by atoms with Crippen LogP contribution in [0.15, 0.2) is 30.3 Å². The van der Waals surface area contributed by atoms with Gasteiger partial charge in [-0.25, -0.2) is 0 Å². The Bertz CT molecular complexity index is 464. The summed E-state index contributed by atoms with van der Waals surface area (Å²) in [6, 6.07) is 11.6. The van der Waals surface area contributed by atoms with Gasteiger partial charge < -0.3 is 5.32 Å². The van der Waals surface area contributed by atoms with Crippen molar-refractivity contribution in [2.75, 3.05) is 19.6 Å². The molecule has 0 amide bonds. The molecule has 1 N–H and O–H groups in total. The van der Waals surface area contributed by atoms with Gasteiger partial charge in [0.15, 0.2) is 0 Å². The summed E-state index contributed by atoms with van der Waals surface area (Å²) in [4.78, 5) is 2.73. The predicted octanol–water partition coefficient (Wildman–Crippen LogP) is 3.78. The first-order valence-electron chi connectivity index (χ1n) is 8.55. The molecular formula is C19H30N2. The maximum Gasteiger partial charge on any atom is 0.0535 e. The molecule has 0 bridgehead atoms. The van der Waals surface area contributed by atoms with Crippen molar-refractivity contribution in [1.29, 1.82) is 0 Å². The van der Waals surface area contributed by atoms with Crippen LogP contribution < -0.4 is 5.32 Å². The van der Waals surface area contributed by atoms with Gasteiger partial charge in [-0.3, -0.25) is 4.90 Å². The first kappa shape index (κ1) is 15.1. The molecule has 2 atom stereocenters. The summed E-state index contributed by atoms with van der Waals surface area (Å²) >= 11 is 0. The average molecular weight is 286 g/mol. The van der Waals surface area contributed by atoms with Crippen molar-refractivity contribution >= 4 is 0 Å². The van der Waals surface area contributed by atoms with Crippen LogP contribution in [0.25, 0.3) is 0 Å². The molecule has 0 aromatic heterocycles. The van der Waals surface area contributed by atoms with Crippen LogP contribution in [0.2, 0.25) is 0 Å². The van der Waals surface area contributed by atoms with E-state index in [4.69, 9.17) is 0 Å². The van der Waals surface area contributed by atoms with Crippen molar-refractivity contribution in [2.24, 2.45) is 5.41 Å². The lowest BCUT2D eigenvalue weighted by molar-refractivity contribution is 0.0554. The van der Waals surface area contributed by atoms with Crippen molar-refractivity contribution in [3.63, 3.8) is 0 Å². The molecule has 21 heavy (non-hydrogen) atoms. The summed E-state index contributed by atoms with van der Waals surface area (Å²) in [6.07, 6.45) is 5.66. The number of piperazine rings is 1. The fourth-order valence-electron chi connectivity index (χ4n) is 4.21. The summed E-state index contributed by atoms with van der Waals surface area (Å²) in [5.74, 6) is 0. The summed E-state index contributed by atoms with van der Waals surface area (Å²) in [5.41, 5.74) is 2.05. The van der Waals surface area contributed by atoms with E-state index in [9.17, 15) is 0 Å². The summed E-state index contributed by atoms with van der Waals surface area (Å²) in [7, 11) is 0. The zero-order valence-electron chi connectivity index (χ0n) is 13.9. The van der Waals surface area contributed by atoms with Crippen LogP contribution in [0.4, 0.5) is 0 Å². The van der Waals surface area contributed by atoms with E-state index in [0.29, 0.717) is 11.5 Å². The molecule has 0 spiro atoms. The average Bonchev–Trinajstić information content (AvgIpc) is 2.91. The molecule has 2 fully saturated rings. The van der Waals surface area contributed by atoms with Gasteiger partial charge >= 0.3 is 0 Å². The molecule has 1 heterocycles. The Kier molecular flexibility index (Phi) is 4.11. The van der Waals surface area contributed by atoms with Crippen molar-refractivity contribution in [3.05, 3.63) is 35.9 Å². The van der Waals surface area contributed by atoms with Crippen LogP contribution in [0, 0.1) is 5.41 Å². The van der Waals surface area contributed by atoms with Crippen LogP contribution in [-0.2, 0) is 5.54 Å². The Hall–Kier alpha value is -0.860. The van der Waals surface area contributed by atoms with Crippen LogP contribution in [0.5, 0.6) is 0 Å². The highest BCUT2D eigenvalue weighted by atomic mass is 15.3. The summed E-state index contributed by atoms with van der Waals surface area (Å²) < 4.78 is 0. The number of nitrogens with one attached hydrogen (secondary N) is 1. The lowest BCUT2D eigenvalue weighted by Crippen LogP contribution is -2.61. The van der Waals surface area contributed by atoms with Gasteiger partial charge in [-0.1, -0.05) is 50.1 Å². The minimum Gasteiger partial charge on any atom is -0.305 e. The molecule has 1 aromatic carbocycles. The summed E-state index contributed by atoms with van der Waals surface area (Å²) in [6.45, 7) is 10.7. The second-order valence-electron chi connectivity index (χ2n) is 7.85. The lowest BCUT2D eigenvalue weighted by Gasteiger charge is -2.48. The highest BCUT2D eigenvalue weighted by molar-refractivity contribution is 5.25. The van der Waals surface area contributed by atoms with Crippen molar-refractivity contribution < 1.29 is 0 Å². The predicted molar refractivity (Wildman–Crippen MR) is 89.4 cm³/mol. The molecule has 2 heteroatoms. The number of benzene rings is 1. The largest absolute Gasteiger partial charge is 0.305 e. The van der Waals surface area contributed by atoms with E-state index in [1.807, 2.05) is 0 Å². The molecule has 2 aliphatic rings. The molecule has 116 valence electrons. The molecule has 0 radical (unpaired) electrons. The molecule has 1 aliphatic heterocycles. The van der Waals surface area contributed by atoms with Crippen molar-refractivity contribution in [2.45, 2.75) is 58.0 Å². The third-order valence-electron chi connectivity index (χ3n) is 5.74. The van der Waals surface area contributed by atoms with E-state index in [-0.39, 0.29) is 5.54 Å². The number of hydrogen-bond donors (Lipinski definition) is 1. The minimum absolute atomic E-state index is 0.0860. The topological polar surface area (TPSA) is 15.3 Å². The second kappa shape index (κ2) is 5.73. The Morgan fingerprint density at radius 3 is 2.48 bits per heavy atom. The van der Waals surface area contributed by atoms with Crippen LogP contribution in [0.1, 0.15) is 52.0 Å². The maximum atomic E-state index is 3.79. The highest BCUT2D eigenvalue weighted by Crippen LogP contribution is 2.39. The first-order valence-corrected chi connectivity index (χ1v) is 8.55. The quantitative estimate of drug-likeness (QED) is 0.910. The SMILES string of the molecule is CC1CNC(C)(c2ccccc2)CN1CC1(C)CCCC1. The number of rotatable bonds is 3. The fraction of sp³-hybridized carbons (Fsp3) is 0.684. The van der Waals surface area contributed by atoms with Crippen molar-refractivity contribution in [1.82, 2.24) is 10.2 Å². The minimum atomic E-state index is 0.0860. The molecule has 2 unspecified atom stereocenters. The third kappa shape index (κ3) is 3.17. The zero-order valence-corrected chi connectivity index (χ0v) is 13.9.